The molecule has 0 aliphatic heterocycles. The Labute approximate surface area is 123 Å². The number of methoxy groups -OCH3 is 2. The molecule has 6 nitrogen and oxygen atoms in total. The highest BCUT2D eigenvalue weighted by atomic mass is 16.5. The Kier molecular flexibility index (Phi) is 5.90. The SMILES string of the molecule is COC(=O)C(CN(C(C)=O)c1ccc(C)cc1)C(=O)OC. The Morgan fingerprint density at radius 2 is 1.52 bits per heavy atom. The van der Waals surface area contributed by atoms with Crippen molar-refractivity contribution in [3.8, 4) is 0 Å². The molecule has 6 heteroatoms. The van der Waals surface area contributed by atoms with Crippen LogP contribution in [0.5, 0.6) is 0 Å². The van der Waals surface area contributed by atoms with Gasteiger partial charge in [-0.3, -0.25) is 14.4 Å². The summed E-state index contributed by atoms with van der Waals surface area (Å²) in [5.41, 5.74) is 1.64. The molecule has 0 fully saturated rings. The van der Waals surface area contributed by atoms with Gasteiger partial charge in [-0.25, -0.2) is 0 Å². The fraction of sp³-hybridized carbons (Fsp3) is 0.400. The molecule has 0 heterocycles. The van der Waals surface area contributed by atoms with Gasteiger partial charge in [-0.1, -0.05) is 17.7 Å². The second kappa shape index (κ2) is 7.42. The molecule has 0 saturated carbocycles. The van der Waals surface area contributed by atoms with E-state index in [2.05, 4.69) is 9.47 Å². The predicted octanol–water partition coefficient (Wildman–Crippen LogP) is 1.31. The highest BCUT2D eigenvalue weighted by Gasteiger charge is 2.32. The van der Waals surface area contributed by atoms with E-state index in [1.54, 1.807) is 12.1 Å². The van der Waals surface area contributed by atoms with Crippen molar-refractivity contribution in [2.24, 2.45) is 5.92 Å². The van der Waals surface area contributed by atoms with Crippen LogP contribution in [0.15, 0.2) is 24.3 Å². The summed E-state index contributed by atoms with van der Waals surface area (Å²) in [5.74, 6) is -2.93. The highest BCUT2D eigenvalue weighted by Crippen LogP contribution is 2.18. The lowest BCUT2D eigenvalue weighted by molar-refractivity contribution is -0.158. The van der Waals surface area contributed by atoms with Crippen LogP contribution in [0, 0.1) is 12.8 Å². The van der Waals surface area contributed by atoms with Gasteiger partial charge in [0.25, 0.3) is 0 Å². The summed E-state index contributed by atoms with van der Waals surface area (Å²) in [6, 6.07) is 7.19. The average molecular weight is 293 g/mol. The van der Waals surface area contributed by atoms with E-state index in [1.807, 2.05) is 19.1 Å². The van der Waals surface area contributed by atoms with Gasteiger partial charge in [0.1, 0.15) is 0 Å². The van der Waals surface area contributed by atoms with Crippen LogP contribution in [-0.2, 0) is 23.9 Å². The fourth-order valence-corrected chi connectivity index (χ4v) is 1.85. The number of carbonyl (C=O) groups excluding carboxylic acids is 3. The Hall–Kier alpha value is -2.37. The van der Waals surface area contributed by atoms with Crippen LogP contribution < -0.4 is 4.90 Å². The third-order valence-corrected chi connectivity index (χ3v) is 3.06. The van der Waals surface area contributed by atoms with Crippen molar-refractivity contribution in [1.29, 1.82) is 0 Å². The highest BCUT2D eigenvalue weighted by molar-refractivity contribution is 5.98. The van der Waals surface area contributed by atoms with E-state index in [0.717, 1.165) is 5.56 Å². The van der Waals surface area contributed by atoms with Crippen LogP contribution in [-0.4, -0.2) is 38.6 Å². The van der Waals surface area contributed by atoms with Crippen molar-refractivity contribution in [2.45, 2.75) is 13.8 Å². The summed E-state index contributed by atoms with van der Waals surface area (Å²) >= 11 is 0. The third-order valence-electron chi connectivity index (χ3n) is 3.06. The molecule has 1 aromatic carbocycles. The van der Waals surface area contributed by atoms with Gasteiger partial charge >= 0.3 is 11.9 Å². The minimum atomic E-state index is -1.18. The number of hydrogen-bond acceptors (Lipinski definition) is 5. The summed E-state index contributed by atoms with van der Waals surface area (Å²) in [6.45, 7) is 3.16. The average Bonchev–Trinajstić information content (AvgIpc) is 2.47. The van der Waals surface area contributed by atoms with Crippen LogP contribution in [0.2, 0.25) is 0 Å². The van der Waals surface area contributed by atoms with Crippen molar-refractivity contribution in [3.05, 3.63) is 29.8 Å². The van der Waals surface area contributed by atoms with Gasteiger partial charge in [0.05, 0.1) is 14.2 Å². The van der Waals surface area contributed by atoms with Gasteiger partial charge in [-0.15, -0.1) is 0 Å². The van der Waals surface area contributed by atoms with Gasteiger partial charge < -0.3 is 14.4 Å². The normalized spacial score (nSPS) is 10.1. The molecule has 21 heavy (non-hydrogen) atoms. The molecular weight excluding hydrogens is 274 g/mol. The largest absolute Gasteiger partial charge is 0.468 e. The molecule has 0 atom stereocenters. The molecule has 114 valence electrons. The summed E-state index contributed by atoms with van der Waals surface area (Å²) < 4.78 is 9.19. The molecule has 1 aromatic rings. The van der Waals surface area contributed by atoms with E-state index in [4.69, 9.17) is 0 Å². The minimum absolute atomic E-state index is 0.127. The quantitative estimate of drug-likeness (QED) is 0.604. The molecule has 1 rings (SSSR count). The maximum absolute atomic E-state index is 11.8. The Morgan fingerprint density at radius 3 is 1.90 bits per heavy atom. The summed E-state index contributed by atoms with van der Waals surface area (Å²) in [4.78, 5) is 36.5. The van der Waals surface area contributed by atoms with Gasteiger partial charge in [0, 0.05) is 19.2 Å². The first-order valence-corrected chi connectivity index (χ1v) is 6.41. The number of ether oxygens (including phenoxy) is 2. The minimum Gasteiger partial charge on any atom is -0.468 e. The van der Waals surface area contributed by atoms with Crippen molar-refractivity contribution >= 4 is 23.5 Å². The van der Waals surface area contributed by atoms with Gasteiger partial charge in [0.15, 0.2) is 5.92 Å². The van der Waals surface area contributed by atoms with E-state index in [9.17, 15) is 14.4 Å². The molecule has 1 amide bonds. The lowest BCUT2D eigenvalue weighted by atomic mass is 10.1. The number of nitrogens with zero attached hydrogens (tertiary/aromatic N) is 1. The number of hydrogen-bond donors (Lipinski definition) is 0. The van der Waals surface area contributed by atoms with E-state index in [-0.39, 0.29) is 12.5 Å². The number of benzene rings is 1. The number of amides is 1. The van der Waals surface area contributed by atoms with Crippen molar-refractivity contribution in [1.82, 2.24) is 0 Å². The topological polar surface area (TPSA) is 72.9 Å². The molecule has 0 aromatic heterocycles. The molecule has 0 N–H and O–H groups in total. The Morgan fingerprint density at radius 1 is 1.05 bits per heavy atom. The van der Waals surface area contributed by atoms with Crippen LogP contribution in [0.4, 0.5) is 5.69 Å². The van der Waals surface area contributed by atoms with E-state index in [0.29, 0.717) is 5.69 Å². The second-order valence-electron chi connectivity index (χ2n) is 4.56. The third kappa shape index (κ3) is 4.30. The van der Waals surface area contributed by atoms with Gasteiger partial charge in [0.2, 0.25) is 5.91 Å². The predicted molar refractivity (Wildman–Crippen MR) is 76.7 cm³/mol. The molecule has 0 radical (unpaired) electrons. The second-order valence-corrected chi connectivity index (χ2v) is 4.56. The zero-order chi connectivity index (χ0) is 16.0. The first-order valence-electron chi connectivity index (χ1n) is 6.41. The van der Waals surface area contributed by atoms with Crippen LogP contribution in [0.1, 0.15) is 12.5 Å². The molecule has 0 spiro atoms. The monoisotopic (exact) mass is 293 g/mol. The first kappa shape index (κ1) is 16.7. The molecular formula is C15H19NO5. The van der Waals surface area contributed by atoms with Gasteiger partial charge in [-0.05, 0) is 19.1 Å². The van der Waals surface area contributed by atoms with Crippen LogP contribution >= 0.6 is 0 Å². The lowest BCUT2D eigenvalue weighted by Crippen LogP contribution is -2.41. The van der Waals surface area contributed by atoms with E-state index in [1.165, 1.54) is 26.0 Å². The maximum atomic E-state index is 11.8. The molecule has 0 unspecified atom stereocenters. The molecule has 0 aliphatic carbocycles. The van der Waals surface area contributed by atoms with Crippen molar-refractivity contribution in [2.75, 3.05) is 25.7 Å². The van der Waals surface area contributed by atoms with E-state index >= 15 is 0 Å². The summed E-state index contributed by atoms with van der Waals surface area (Å²) in [6.07, 6.45) is 0. The molecule has 0 saturated heterocycles. The lowest BCUT2D eigenvalue weighted by Gasteiger charge is -2.24. The van der Waals surface area contributed by atoms with Crippen LogP contribution in [0.25, 0.3) is 0 Å². The zero-order valence-corrected chi connectivity index (χ0v) is 12.6. The van der Waals surface area contributed by atoms with E-state index < -0.39 is 17.9 Å². The summed E-state index contributed by atoms with van der Waals surface area (Å²) in [7, 11) is 2.37. The number of carbonyl (C=O) groups is 3. The number of aryl methyl sites for hydroxylation is 1. The fourth-order valence-electron chi connectivity index (χ4n) is 1.85. The van der Waals surface area contributed by atoms with Crippen LogP contribution in [0.3, 0.4) is 0 Å². The Bertz CT molecular complexity index is 507. The smallest absolute Gasteiger partial charge is 0.321 e. The number of rotatable bonds is 5. The summed E-state index contributed by atoms with van der Waals surface area (Å²) in [5, 5.41) is 0. The Balaban J connectivity index is 3.05. The maximum Gasteiger partial charge on any atom is 0.321 e. The number of anilines is 1. The molecule has 0 bridgehead atoms. The van der Waals surface area contributed by atoms with Crippen molar-refractivity contribution < 1.29 is 23.9 Å². The zero-order valence-electron chi connectivity index (χ0n) is 12.6. The first-order chi connectivity index (χ1) is 9.90. The van der Waals surface area contributed by atoms with Gasteiger partial charge in [-0.2, -0.15) is 0 Å². The standard InChI is InChI=1S/C15H19NO5/c1-10-5-7-12(8-6-10)16(11(2)17)9-13(14(18)20-3)15(19)21-4/h5-8,13H,9H2,1-4H3. The van der Waals surface area contributed by atoms with Crippen molar-refractivity contribution in [3.63, 3.8) is 0 Å². The molecule has 0 aliphatic rings. The number of esters is 2.